The van der Waals surface area contributed by atoms with E-state index in [0.717, 1.165) is 17.0 Å². The lowest BCUT2D eigenvalue weighted by Crippen LogP contribution is -2.31. The van der Waals surface area contributed by atoms with E-state index in [0.29, 0.717) is 61.9 Å². The molecule has 2 aromatic heterocycles. The van der Waals surface area contributed by atoms with Crippen molar-refractivity contribution in [2.24, 2.45) is 0 Å². The molecule has 0 atom stereocenters. The van der Waals surface area contributed by atoms with Crippen LogP contribution in [-0.2, 0) is 26.1 Å². The number of carbonyl (C=O) groups excluding carboxylic acids is 1. The maximum atomic E-state index is 13.3. The van der Waals surface area contributed by atoms with Crippen LogP contribution in [0.15, 0.2) is 53.3 Å². The fourth-order valence-electron chi connectivity index (χ4n) is 4.39. The van der Waals surface area contributed by atoms with Gasteiger partial charge in [0.25, 0.3) is 11.5 Å². The van der Waals surface area contributed by atoms with Crippen LogP contribution >= 0.6 is 0 Å². The zero-order valence-electron chi connectivity index (χ0n) is 19.8. The molecule has 8 heteroatoms. The van der Waals surface area contributed by atoms with Gasteiger partial charge in [-0.2, -0.15) is 0 Å². The van der Waals surface area contributed by atoms with E-state index in [-0.39, 0.29) is 11.5 Å². The number of ether oxygens (including phenoxy) is 2. The Bertz CT molecular complexity index is 1240. The molecule has 0 bridgehead atoms. The number of rotatable bonds is 7. The number of nitrogens with one attached hydrogen (secondary N) is 1. The van der Waals surface area contributed by atoms with Crippen LogP contribution in [0.4, 0.5) is 0 Å². The molecule has 0 aliphatic carbocycles. The Balaban J connectivity index is 1.57. The molecule has 1 aromatic carbocycles. The van der Waals surface area contributed by atoms with Gasteiger partial charge in [-0.1, -0.05) is 24.3 Å². The van der Waals surface area contributed by atoms with Crippen LogP contribution in [0.25, 0.3) is 0 Å². The fraction of sp³-hybridized carbons (Fsp3) is 0.346. The molecule has 3 aromatic rings. The Morgan fingerprint density at radius 3 is 2.59 bits per heavy atom. The van der Waals surface area contributed by atoms with Gasteiger partial charge in [0, 0.05) is 62.2 Å². The average Bonchev–Trinajstić information content (AvgIpc) is 3.05. The second-order valence-corrected chi connectivity index (χ2v) is 8.32. The van der Waals surface area contributed by atoms with E-state index < -0.39 is 0 Å². The summed E-state index contributed by atoms with van der Waals surface area (Å²) in [6.07, 6.45) is 0.551. The fourth-order valence-corrected chi connectivity index (χ4v) is 4.39. The Kier molecular flexibility index (Phi) is 7.27. The Morgan fingerprint density at radius 2 is 1.82 bits per heavy atom. The van der Waals surface area contributed by atoms with Gasteiger partial charge in [0.15, 0.2) is 0 Å². The summed E-state index contributed by atoms with van der Waals surface area (Å²) in [6, 6.07) is 14.9. The van der Waals surface area contributed by atoms with Crippen LogP contribution in [0, 0.1) is 6.92 Å². The number of hydrogen-bond donors (Lipinski definition) is 1. The van der Waals surface area contributed by atoms with Gasteiger partial charge in [-0.3, -0.25) is 19.5 Å². The highest BCUT2D eigenvalue weighted by molar-refractivity contribution is 5.98. The molecule has 1 amide bonds. The van der Waals surface area contributed by atoms with E-state index in [1.54, 1.807) is 11.7 Å². The summed E-state index contributed by atoms with van der Waals surface area (Å²) < 4.78 is 12.5. The molecular formula is C26H30N4O4. The minimum Gasteiger partial charge on any atom is -0.496 e. The van der Waals surface area contributed by atoms with Gasteiger partial charge in [-0.05, 0) is 25.1 Å². The van der Waals surface area contributed by atoms with E-state index in [2.05, 4.69) is 15.2 Å². The number of benzene rings is 1. The number of para-hydroxylation sites is 1. The summed E-state index contributed by atoms with van der Waals surface area (Å²) in [5.74, 6) is 0.723. The zero-order chi connectivity index (χ0) is 24.1. The Labute approximate surface area is 199 Å². The van der Waals surface area contributed by atoms with E-state index in [1.165, 1.54) is 13.2 Å². The van der Waals surface area contributed by atoms with Crippen LogP contribution in [0.5, 0.6) is 11.5 Å². The van der Waals surface area contributed by atoms with Crippen molar-refractivity contribution in [3.05, 3.63) is 87.1 Å². The first-order valence-electron chi connectivity index (χ1n) is 11.4. The first-order valence-corrected chi connectivity index (χ1v) is 11.4. The molecular weight excluding hydrogens is 432 g/mol. The number of nitrogens with zero attached hydrogens (tertiary/aromatic N) is 3. The quantitative estimate of drug-likeness (QED) is 0.581. The van der Waals surface area contributed by atoms with E-state index in [1.807, 2.05) is 49.4 Å². The first kappa shape index (κ1) is 23.5. The van der Waals surface area contributed by atoms with Crippen molar-refractivity contribution in [2.75, 3.05) is 27.3 Å². The Morgan fingerprint density at radius 1 is 1.03 bits per heavy atom. The lowest BCUT2D eigenvalue weighted by molar-refractivity contribution is 0.0945. The molecule has 178 valence electrons. The lowest BCUT2D eigenvalue weighted by Gasteiger charge is -2.19. The van der Waals surface area contributed by atoms with Crippen molar-refractivity contribution < 1.29 is 14.3 Å². The molecule has 0 unspecified atom stereocenters. The number of fused-ring (bicyclic) bond motifs is 1. The molecule has 4 rings (SSSR count). The number of pyridine rings is 2. The molecule has 1 aliphatic rings. The smallest absolute Gasteiger partial charge is 0.257 e. The summed E-state index contributed by atoms with van der Waals surface area (Å²) in [7, 11) is 3.08. The van der Waals surface area contributed by atoms with Crippen molar-refractivity contribution in [1.29, 1.82) is 0 Å². The minimum absolute atomic E-state index is 0.163. The van der Waals surface area contributed by atoms with Crippen molar-refractivity contribution in [3.63, 3.8) is 0 Å². The van der Waals surface area contributed by atoms with Gasteiger partial charge >= 0.3 is 0 Å². The number of carbonyl (C=O) groups is 1. The highest BCUT2D eigenvalue weighted by Crippen LogP contribution is 2.24. The van der Waals surface area contributed by atoms with Gasteiger partial charge in [0.05, 0.1) is 19.9 Å². The van der Waals surface area contributed by atoms with Gasteiger partial charge in [0.1, 0.15) is 17.1 Å². The maximum Gasteiger partial charge on any atom is 0.257 e. The second-order valence-electron chi connectivity index (χ2n) is 8.32. The monoisotopic (exact) mass is 462 g/mol. The molecule has 3 heterocycles. The number of methoxy groups -OCH3 is 2. The molecule has 0 spiro atoms. The molecule has 0 saturated heterocycles. The third kappa shape index (κ3) is 5.12. The molecule has 34 heavy (non-hydrogen) atoms. The topological polar surface area (TPSA) is 85.7 Å². The summed E-state index contributed by atoms with van der Waals surface area (Å²) in [5.41, 5.74) is 3.78. The lowest BCUT2D eigenvalue weighted by atomic mass is 10.1. The first-order chi connectivity index (χ1) is 16.5. The van der Waals surface area contributed by atoms with E-state index >= 15 is 0 Å². The normalized spacial score (nSPS) is 13.6. The van der Waals surface area contributed by atoms with Gasteiger partial charge in [-0.15, -0.1) is 0 Å². The van der Waals surface area contributed by atoms with Crippen molar-refractivity contribution in [3.8, 4) is 11.5 Å². The SMILES string of the molecule is COc1ccccc1CNC(=O)c1c(OC)cc(=O)n2c1CCN(Cc1cccc(C)n1)CC2. The third-order valence-electron chi connectivity index (χ3n) is 6.10. The summed E-state index contributed by atoms with van der Waals surface area (Å²) >= 11 is 0. The van der Waals surface area contributed by atoms with Gasteiger partial charge < -0.3 is 19.4 Å². The average molecular weight is 463 g/mol. The summed E-state index contributed by atoms with van der Waals surface area (Å²) in [5, 5.41) is 2.97. The van der Waals surface area contributed by atoms with E-state index in [9.17, 15) is 9.59 Å². The molecule has 0 saturated carbocycles. The van der Waals surface area contributed by atoms with Crippen molar-refractivity contribution >= 4 is 5.91 Å². The third-order valence-corrected chi connectivity index (χ3v) is 6.10. The van der Waals surface area contributed by atoms with Crippen LogP contribution in [0.1, 0.15) is 33.0 Å². The van der Waals surface area contributed by atoms with Crippen molar-refractivity contribution in [2.45, 2.75) is 33.0 Å². The Hall–Kier alpha value is -3.65. The highest BCUT2D eigenvalue weighted by atomic mass is 16.5. The molecule has 0 radical (unpaired) electrons. The predicted octanol–water partition coefficient (Wildman–Crippen LogP) is 2.56. The maximum absolute atomic E-state index is 13.3. The van der Waals surface area contributed by atoms with Gasteiger partial charge in [0.2, 0.25) is 0 Å². The largest absolute Gasteiger partial charge is 0.496 e. The van der Waals surface area contributed by atoms with Crippen LogP contribution < -0.4 is 20.3 Å². The molecule has 1 N–H and O–H groups in total. The van der Waals surface area contributed by atoms with Crippen LogP contribution in [-0.4, -0.2) is 47.7 Å². The number of aromatic nitrogens is 2. The zero-order valence-corrected chi connectivity index (χ0v) is 19.8. The second kappa shape index (κ2) is 10.5. The molecule has 8 nitrogen and oxygen atoms in total. The number of hydrogen-bond acceptors (Lipinski definition) is 6. The number of aryl methyl sites for hydroxylation is 1. The standard InChI is InChI=1S/C26H30N4O4/c1-18-7-6-9-20(28-18)17-29-12-11-21-25(23(34-3)15-24(31)30(21)14-13-29)26(32)27-16-19-8-4-5-10-22(19)33-2/h4-10,15H,11-14,16-17H2,1-3H3,(H,27,32). The van der Waals surface area contributed by atoms with Crippen molar-refractivity contribution in [1.82, 2.24) is 19.8 Å². The summed E-state index contributed by atoms with van der Waals surface area (Å²) in [4.78, 5) is 33.0. The predicted molar refractivity (Wildman–Crippen MR) is 129 cm³/mol. The van der Waals surface area contributed by atoms with Crippen LogP contribution in [0.3, 0.4) is 0 Å². The molecule has 1 aliphatic heterocycles. The number of amides is 1. The molecule has 0 fully saturated rings. The van der Waals surface area contributed by atoms with Gasteiger partial charge in [-0.25, -0.2) is 0 Å². The summed E-state index contributed by atoms with van der Waals surface area (Å²) in [6.45, 7) is 4.86. The minimum atomic E-state index is -0.277. The van der Waals surface area contributed by atoms with Crippen LogP contribution in [0.2, 0.25) is 0 Å². The highest BCUT2D eigenvalue weighted by Gasteiger charge is 2.25. The van der Waals surface area contributed by atoms with E-state index in [4.69, 9.17) is 9.47 Å².